The molecule has 1 saturated carbocycles. The van der Waals surface area contributed by atoms with Crippen LogP contribution < -0.4 is 5.73 Å². The molecular weight excluding hydrogens is 268 g/mol. The number of hydrogen-bond acceptors (Lipinski definition) is 2. The number of nitrogens with zero attached hydrogens (tertiary/aromatic N) is 1. The van der Waals surface area contributed by atoms with Gasteiger partial charge in [0.2, 0.25) is 0 Å². The second-order valence-corrected chi connectivity index (χ2v) is 7.11. The molecule has 2 nitrogen and oxygen atoms in total. The van der Waals surface area contributed by atoms with Gasteiger partial charge in [-0.05, 0) is 37.1 Å². The largest absolute Gasteiger partial charge is 0.330 e. The van der Waals surface area contributed by atoms with E-state index in [0.717, 1.165) is 24.7 Å². The molecule has 1 saturated heterocycles. The summed E-state index contributed by atoms with van der Waals surface area (Å²) in [6.45, 7) is 3.00. The molecule has 1 heterocycles. The number of likely N-dealkylation sites (N-methyl/N-ethyl adjacent to an activating group) is 1. The molecule has 0 aromatic heterocycles. The maximum Gasteiger partial charge on any atom is 0.0444 e. The van der Waals surface area contributed by atoms with E-state index in [0.29, 0.717) is 5.92 Å². The topological polar surface area (TPSA) is 29.3 Å². The molecule has 2 fully saturated rings. The van der Waals surface area contributed by atoms with Crippen LogP contribution >= 0.6 is 11.6 Å². The molecule has 20 heavy (non-hydrogen) atoms. The molecule has 0 unspecified atom stereocenters. The lowest BCUT2D eigenvalue weighted by molar-refractivity contribution is 0.190. The van der Waals surface area contributed by atoms with Crippen LogP contribution in [0.3, 0.4) is 0 Å². The van der Waals surface area contributed by atoms with Crippen molar-refractivity contribution in [2.45, 2.75) is 43.4 Å². The summed E-state index contributed by atoms with van der Waals surface area (Å²) in [6.07, 6.45) is 6.37. The molecule has 0 atom stereocenters. The molecule has 0 radical (unpaired) electrons. The van der Waals surface area contributed by atoms with Crippen molar-refractivity contribution in [1.82, 2.24) is 4.90 Å². The van der Waals surface area contributed by atoms with E-state index in [2.05, 4.69) is 30.1 Å². The third kappa shape index (κ3) is 2.49. The summed E-state index contributed by atoms with van der Waals surface area (Å²) < 4.78 is 0. The molecule has 1 aliphatic heterocycles. The molecule has 2 N–H and O–H groups in total. The number of hydrogen-bond donors (Lipinski definition) is 1. The minimum Gasteiger partial charge on any atom is -0.330 e. The zero-order valence-corrected chi connectivity index (χ0v) is 13.1. The lowest BCUT2D eigenvalue weighted by Gasteiger charge is -2.39. The highest BCUT2D eigenvalue weighted by atomic mass is 35.5. The van der Waals surface area contributed by atoms with Gasteiger partial charge in [0.1, 0.15) is 0 Å². The van der Waals surface area contributed by atoms with Crippen molar-refractivity contribution in [3.63, 3.8) is 0 Å². The fourth-order valence-electron chi connectivity index (χ4n) is 3.92. The van der Waals surface area contributed by atoms with Crippen LogP contribution in [0.4, 0.5) is 0 Å². The Balaban J connectivity index is 1.85. The predicted octanol–water partition coefficient (Wildman–Crippen LogP) is 3.53. The van der Waals surface area contributed by atoms with E-state index >= 15 is 0 Å². The fourth-order valence-corrected chi connectivity index (χ4v) is 4.26. The number of halogens is 1. The van der Waals surface area contributed by atoms with Gasteiger partial charge in [0.15, 0.2) is 0 Å². The lowest BCUT2D eigenvalue weighted by atomic mass is 9.69. The second kappa shape index (κ2) is 5.67. The summed E-state index contributed by atoms with van der Waals surface area (Å²) in [5.41, 5.74) is 8.98. The quantitative estimate of drug-likeness (QED) is 0.923. The molecule has 1 aromatic carbocycles. The molecule has 2 aliphatic rings. The van der Waals surface area contributed by atoms with Gasteiger partial charge >= 0.3 is 0 Å². The molecule has 0 amide bonds. The van der Waals surface area contributed by atoms with Crippen LogP contribution in [0.1, 0.15) is 49.1 Å². The van der Waals surface area contributed by atoms with Crippen LogP contribution in [0.15, 0.2) is 18.2 Å². The SMILES string of the molecule is CN1CC(c2ccc(C3(CN)CCCCC3)cc2Cl)C1. The van der Waals surface area contributed by atoms with Crippen LogP contribution in [0.25, 0.3) is 0 Å². The van der Waals surface area contributed by atoms with Crippen LogP contribution in [-0.2, 0) is 5.41 Å². The van der Waals surface area contributed by atoms with Gasteiger partial charge < -0.3 is 10.6 Å². The van der Waals surface area contributed by atoms with Crippen LogP contribution in [0.2, 0.25) is 5.02 Å². The summed E-state index contributed by atoms with van der Waals surface area (Å²) >= 11 is 6.56. The predicted molar refractivity (Wildman–Crippen MR) is 85.5 cm³/mol. The van der Waals surface area contributed by atoms with E-state index in [-0.39, 0.29) is 5.41 Å². The summed E-state index contributed by atoms with van der Waals surface area (Å²) in [5, 5.41) is 0.944. The normalized spacial score (nSPS) is 23.6. The van der Waals surface area contributed by atoms with Gasteiger partial charge in [-0.15, -0.1) is 0 Å². The van der Waals surface area contributed by atoms with E-state index < -0.39 is 0 Å². The van der Waals surface area contributed by atoms with Crippen LogP contribution in [-0.4, -0.2) is 31.6 Å². The van der Waals surface area contributed by atoms with Crippen molar-refractivity contribution in [3.05, 3.63) is 34.3 Å². The Morgan fingerprint density at radius 2 is 1.95 bits per heavy atom. The molecule has 3 rings (SSSR count). The Bertz CT molecular complexity index is 474. The van der Waals surface area contributed by atoms with Crippen molar-refractivity contribution in [2.24, 2.45) is 5.73 Å². The van der Waals surface area contributed by atoms with Crippen LogP contribution in [0, 0.1) is 0 Å². The van der Waals surface area contributed by atoms with Crippen molar-refractivity contribution < 1.29 is 0 Å². The first-order valence-electron chi connectivity index (χ1n) is 7.83. The van der Waals surface area contributed by atoms with Gasteiger partial charge in [-0.1, -0.05) is 43.0 Å². The molecule has 1 aromatic rings. The van der Waals surface area contributed by atoms with E-state index in [9.17, 15) is 0 Å². The zero-order chi connectivity index (χ0) is 14.2. The monoisotopic (exact) mass is 292 g/mol. The van der Waals surface area contributed by atoms with E-state index in [4.69, 9.17) is 17.3 Å². The van der Waals surface area contributed by atoms with Crippen LogP contribution in [0.5, 0.6) is 0 Å². The average Bonchev–Trinajstić information content (AvgIpc) is 2.45. The first-order chi connectivity index (χ1) is 9.64. The number of nitrogens with two attached hydrogens (primary N) is 1. The highest BCUT2D eigenvalue weighted by Crippen LogP contribution is 2.41. The number of benzene rings is 1. The third-order valence-electron chi connectivity index (χ3n) is 5.32. The van der Waals surface area contributed by atoms with Crippen molar-refractivity contribution in [3.8, 4) is 0 Å². The van der Waals surface area contributed by atoms with E-state index in [1.807, 2.05) is 0 Å². The summed E-state index contributed by atoms with van der Waals surface area (Å²) in [7, 11) is 2.16. The summed E-state index contributed by atoms with van der Waals surface area (Å²) in [4.78, 5) is 2.33. The smallest absolute Gasteiger partial charge is 0.0444 e. The summed E-state index contributed by atoms with van der Waals surface area (Å²) in [5.74, 6) is 0.613. The standard InChI is InChI=1S/C17H25ClN2/c1-20-10-13(11-20)15-6-5-14(9-16(15)18)17(12-19)7-3-2-4-8-17/h5-6,9,13H,2-4,7-8,10-12,19H2,1H3. The molecular formula is C17H25ClN2. The first kappa shape index (κ1) is 14.4. The molecule has 1 aliphatic carbocycles. The maximum atomic E-state index is 6.56. The Hall–Kier alpha value is -0.570. The molecule has 3 heteroatoms. The molecule has 0 spiro atoms. The molecule has 110 valence electrons. The first-order valence-corrected chi connectivity index (χ1v) is 8.21. The maximum absolute atomic E-state index is 6.56. The lowest BCUT2D eigenvalue weighted by Crippen LogP contribution is -2.42. The zero-order valence-electron chi connectivity index (χ0n) is 12.4. The number of rotatable bonds is 3. The van der Waals surface area contributed by atoms with E-state index in [1.165, 1.54) is 43.2 Å². The van der Waals surface area contributed by atoms with Gasteiger partial charge in [-0.2, -0.15) is 0 Å². The minimum atomic E-state index is 0.177. The van der Waals surface area contributed by atoms with Gasteiger partial charge in [0, 0.05) is 36.0 Å². The van der Waals surface area contributed by atoms with Gasteiger partial charge in [0.25, 0.3) is 0 Å². The Morgan fingerprint density at radius 1 is 1.25 bits per heavy atom. The Labute approximate surface area is 127 Å². The van der Waals surface area contributed by atoms with Crippen molar-refractivity contribution in [1.29, 1.82) is 0 Å². The highest BCUT2D eigenvalue weighted by Gasteiger charge is 2.34. The second-order valence-electron chi connectivity index (χ2n) is 6.70. The van der Waals surface area contributed by atoms with Gasteiger partial charge in [-0.25, -0.2) is 0 Å². The van der Waals surface area contributed by atoms with Gasteiger partial charge in [-0.3, -0.25) is 0 Å². The Morgan fingerprint density at radius 3 is 2.50 bits per heavy atom. The van der Waals surface area contributed by atoms with E-state index in [1.54, 1.807) is 0 Å². The van der Waals surface area contributed by atoms with Gasteiger partial charge in [0.05, 0.1) is 0 Å². The average molecular weight is 293 g/mol. The summed E-state index contributed by atoms with van der Waals surface area (Å²) in [6, 6.07) is 6.74. The van der Waals surface area contributed by atoms with Crippen molar-refractivity contribution >= 4 is 11.6 Å². The van der Waals surface area contributed by atoms with Crippen molar-refractivity contribution in [2.75, 3.05) is 26.7 Å². The number of likely N-dealkylation sites (tertiary alicyclic amines) is 1. The minimum absolute atomic E-state index is 0.177. The Kier molecular flexibility index (Phi) is 4.07. The third-order valence-corrected chi connectivity index (χ3v) is 5.65. The fraction of sp³-hybridized carbons (Fsp3) is 0.647. The highest BCUT2D eigenvalue weighted by molar-refractivity contribution is 6.31. The molecule has 0 bridgehead atoms.